The van der Waals surface area contributed by atoms with E-state index >= 15 is 0 Å². The summed E-state index contributed by atoms with van der Waals surface area (Å²) in [4.78, 5) is 21.4. The molecule has 1 amide bonds. The molecule has 4 rings (SSSR count). The Bertz CT molecular complexity index is 1060. The van der Waals surface area contributed by atoms with Crippen LogP contribution in [-0.4, -0.2) is 52.3 Å². The zero-order chi connectivity index (χ0) is 21.3. The lowest BCUT2D eigenvalue weighted by atomic mass is 10.1. The molecule has 0 atom stereocenters. The number of hydrogen-bond acceptors (Lipinski definition) is 4. The van der Waals surface area contributed by atoms with Crippen LogP contribution in [0.4, 0.5) is 14.5 Å². The maximum atomic E-state index is 13.0. The van der Waals surface area contributed by atoms with E-state index in [0.717, 1.165) is 13.1 Å². The van der Waals surface area contributed by atoms with E-state index in [0.29, 0.717) is 35.9 Å². The van der Waals surface area contributed by atoms with Crippen molar-refractivity contribution in [3.8, 4) is 0 Å². The Morgan fingerprint density at radius 1 is 1.07 bits per heavy atom. The maximum Gasteiger partial charge on any atom is 0.291 e. The summed E-state index contributed by atoms with van der Waals surface area (Å²) >= 11 is 0.380. The van der Waals surface area contributed by atoms with Crippen molar-refractivity contribution in [3.63, 3.8) is 0 Å². The second-order valence-electron chi connectivity index (χ2n) is 7.43. The van der Waals surface area contributed by atoms with Crippen molar-refractivity contribution < 1.29 is 13.6 Å². The van der Waals surface area contributed by atoms with Gasteiger partial charge in [-0.3, -0.25) is 4.79 Å². The number of halogens is 2. The molecule has 1 aromatic heterocycles. The minimum absolute atomic E-state index is 0.0129. The van der Waals surface area contributed by atoms with Gasteiger partial charge in [-0.15, -0.1) is 0 Å². The SMILES string of the molecule is Cc1cccc(N2CCN(C(=O)Cn3c(SC(F)F)nc4ccccc43)CC2)c1C. The fraction of sp³-hybridized carbons (Fsp3) is 0.364. The quantitative estimate of drug-likeness (QED) is 0.566. The Hall–Kier alpha value is -2.61. The van der Waals surface area contributed by atoms with E-state index < -0.39 is 5.76 Å². The Balaban J connectivity index is 1.47. The van der Waals surface area contributed by atoms with Crippen molar-refractivity contribution >= 4 is 34.4 Å². The lowest BCUT2D eigenvalue weighted by molar-refractivity contribution is -0.132. The summed E-state index contributed by atoms with van der Waals surface area (Å²) in [5.41, 5.74) is 5.03. The summed E-state index contributed by atoms with van der Waals surface area (Å²) in [5, 5.41) is 0.175. The van der Waals surface area contributed by atoms with Crippen molar-refractivity contribution in [2.45, 2.75) is 31.3 Å². The van der Waals surface area contributed by atoms with Crippen molar-refractivity contribution in [3.05, 3.63) is 53.6 Å². The number of anilines is 1. The number of amides is 1. The van der Waals surface area contributed by atoms with Gasteiger partial charge in [0, 0.05) is 31.9 Å². The Morgan fingerprint density at radius 3 is 2.53 bits per heavy atom. The number of nitrogens with zero attached hydrogens (tertiary/aromatic N) is 4. The molecule has 0 saturated carbocycles. The molecule has 0 radical (unpaired) electrons. The molecular formula is C22H24F2N4OS. The van der Waals surface area contributed by atoms with Crippen LogP contribution in [0.1, 0.15) is 11.1 Å². The molecule has 2 aromatic carbocycles. The van der Waals surface area contributed by atoms with Crippen LogP contribution in [0.2, 0.25) is 0 Å². The first kappa shape index (κ1) is 20.7. The summed E-state index contributed by atoms with van der Waals surface area (Å²) in [6.07, 6.45) is 0. The van der Waals surface area contributed by atoms with Crippen LogP contribution in [0.5, 0.6) is 0 Å². The highest BCUT2D eigenvalue weighted by Crippen LogP contribution is 2.29. The summed E-state index contributed by atoms with van der Waals surface area (Å²) in [5.74, 6) is -2.66. The average molecular weight is 431 g/mol. The molecule has 1 fully saturated rings. The van der Waals surface area contributed by atoms with Gasteiger partial charge in [-0.25, -0.2) is 4.98 Å². The molecular weight excluding hydrogens is 406 g/mol. The highest BCUT2D eigenvalue weighted by molar-refractivity contribution is 7.99. The van der Waals surface area contributed by atoms with Gasteiger partial charge in [0.15, 0.2) is 5.16 Å². The summed E-state index contributed by atoms with van der Waals surface area (Å²) in [6, 6.07) is 13.5. The van der Waals surface area contributed by atoms with Gasteiger partial charge < -0.3 is 14.4 Å². The molecule has 3 aromatic rings. The molecule has 30 heavy (non-hydrogen) atoms. The van der Waals surface area contributed by atoms with Crippen molar-refractivity contribution in [2.24, 2.45) is 0 Å². The monoisotopic (exact) mass is 430 g/mol. The molecule has 0 N–H and O–H groups in total. The van der Waals surface area contributed by atoms with Crippen LogP contribution in [0.15, 0.2) is 47.6 Å². The number of piperazine rings is 1. The number of carbonyl (C=O) groups excluding carboxylic acids is 1. The van der Waals surface area contributed by atoms with Crippen molar-refractivity contribution in [1.29, 1.82) is 0 Å². The molecule has 2 heterocycles. The van der Waals surface area contributed by atoms with Gasteiger partial charge in [-0.1, -0.05) is 24.3 Å². The number of hydrogen-bond donors (Lipinski definition) is 0. The van der Waals surface area contributed by atoms with Gasteiger partial charge in [0.25, 0.3) is 5.76 Å². The van der Waals surface area contributed by atoms with E-state index in [1.807, 2.05) is 23.1 Å². The molecule has 5 nitrogen and oxygen atoms in total. The Morgan fingerprint density at radius 2 is 1.80 bits per heavy atom. The van der Waals surface area contributed by atoms with E-state index in [-0.39, 0.29) is 17.6 Å². The fourth-order valence-electron chi connectivity index (χ4n) is 3.89. The standard InChI is InChI=1S/C22H24F2N4OS/c1-15-6-5-9-18(16(15)2)26-10-12-27(13-11-26)20(29)14-28-19-8-4-3-7-17(19)25-22(28)30-21(23)24/h3-9,21H,10-14H2,1-2H3. The highest BCUT2D eigenvalue weighted by atomic mass is 32.2. The van der Waals surface area contributed by atoms with E-state index in [4.69, 9.17) is 0 Å². The number of alkyl halides is 2. The summed E-state index contributed by atoms with van der Waals surface area (Å²) in [7, 11) is 0. The lowest BCUT2D eigenvalue weighted by Gasteiger charge is -2.37. The van der Waals surface area contributed by atoms with Crippen LogP contribution in [0.25, 0.3) is 11.0 Å². The van der Waals surface area contributed by atoms with Crippen LogP contribution in [0, 0.1) is 13.8 Å². The number of benzene rings is 2. The number of fused-ring (bicyclic) bond motifs is 1. The minimum atomic E-state index is -2.59. The van der Waals surface area contributed by atoms with Gasteiger partial charge in [0.1, 0.15) is 6.54 Å². The molecule has 1 saturated heterocycles. The largest absolute Gasteiger partial charge is 0.368 e. The van der Waals surface area contributed by atoms with Crippen LogP contribution in [0.3, 0.4) is 0 Å². The van der Waals surface area contributed by atoms with Crippen LogP contribution < -0.4 is 4.90 Å². The first-order valence-corrected chi connectivity index (χ1v) is 10.8. The van der Waals surface area contributed by atoms with Crippen LogP contribution >= 0.6 is 11.8 Å². The van der Waals surface area contributed by atoms with Gasteiger partial charge in [-0.2, -0.15) is 8.78 Å². The normalized spacial score (nSPS) is 14.7. The number of aryl methyl sites for hydroxylation is 1. The smallest absolute Gasteiger partial charge is 0.291 e. The second-order valence-corrected chi connectivity index (χ2v) is 8.39. The molecule has 8 heteroatoms. The molecule has 1 aliphatic rings. The Kier molecular flexibility index (Phi) is 5.94. The number of imidazole rings is 1. The Labute approximate surface area is 178 Å². The van der Waals surface area contributed by atoms with E-state index in [9.17, 15) is 13.6 Å². The van der Waals surface area contributed by atoms with E-state index in [1.165, 1.54) is 16.8 Å². The predicted octanol–water partition coefficient (Wildman–Crippen LogP) is 4.32. The molecule has 158 valence electrons. The summed E-state index contributed by atoms with van der Waals surface area (Å²) in [6.45, 7) is 6.95. The summed E-state index contributed by atoms with van der Waals surface area (Å²) < 4.78 is 27.6. The number of aromatic nitrogens is 2. The molecule has 0 bridgehead atoms. The number of thioether (sulfide) groups is 1. The lowest BCUT2D eigenvalue weighted by Crippen LogP contribution is -2.49. The van der Waals surface area contributed by atoms with E-state index in [1.54, 1.807) is 10.6 Å². The topological polar surface area (TPSA) is 41.4 Å². The molecule has 0 unspecified atom stereocenters. The average Bonchev–Trinajstić information content (AvgIpc) is 3.06. The third-order valence-electron chi connectivity index (χ3n) is 5.66. The number of carbonyl (C=O) groups is 1. The maximum absolute atomic E-state index is 13.0. The minimum Gasteiger partial charge on any atom is -0.368 e. The fourth-order valence-corrected chi connectivity index (χ4v) is 4.49. The highest BCUT2D eigenvalue weighted by Gasteiger charge is 2.24. The van der Waals surface area contributed by atoms with Gasteiger partial charge in [-0.05, 0) is 54.9 Å². The first-order chi connectivity index (χ1) is 14.4. The van der Waals surface area contributed by atoms with Gasteiger partial charge in [0.05, 0.1) is 11.0 Å². The third-order valence-corrected chi connectivity index (χ3v) is 6.36. The number of para-hydroxylation sites is 2. The molecule has 0 aliphatic carbocycles. The molecule has 0 spiro atoms. The predicted molar refractivity (Wildman–Crippen MR) is 116 cm³/mol. The van der Waals surface area contributed by atoms with Gasteiger partial charge in [0.2, 0.25) is 5.91 Å². The third kappa shape index (κ3) is 4.14. The van der Waals surface area contributed by atoms with Gasteiger partial charge >= 0.3 is 0 Å². The van der Waals surface area contributed by atoms with Crippen LogP contribution in [-0.2, 0) is 11.3 Å². The molecule has 1 aliphatic heterocycles. The van der Waals surface area contributed by atoms with Crippen molar-refractivity contribution in [2.75, 3.05) is 31.1 Å². The van der Waals surface area contributed by atoms with E-state index in [2.05, 4.69) is 41.9 Å². The second kappa shape index (κ2) is 8.63. The number of rotatable bonds is 5. The first-order valence-electron chi connectivity index (χ1n) is 9.93. The zero-order valence-corrected chi connectivity index (χ0v) is 17.8. The van der Waals surface area contributed by atoms with Crippen molar-refractivity contribution in [1.82, 2.24) is 14.5 Å². The zero-order valence-electron chi connectivity index (χ0n) is 17.0.